The second-order valence-electron chi connectivity index (χ2n) is 2.63. The Morgan fingerprint density at radius 3 is 3.08 bits per heavy atom. The molecule has 0 spiro atoms. The molecule has 2 N–H and O–H groups in total. The Morgan fingerprint density at radius 2 is 2.54 bits per heavy atom. The second kappa shape index (κ2) is 4.67. The zero-order valence-corrected chi connectivity index (χ0v) is 7.53. The van der Waals surface area contributed by atoms with E-state index in [9.17, 15) is 4.79 Å². The Kier molecular flexibility index (Phi) is 3.52. The van der Waals surface area contributed by atoms with Crippen LogP contribution in [-0.4, -0.2) is 12.6 Å². The molecule has 0 amide bonds. The van der Waals surface area contributed by atoms with Crippen molar-refractivity contribution < 1.29 is 13.9 Å². The highest BCUT2D eigenvalue weighted by Crippen LogP contribution is 2.14. The van der Waals surface area contributed by atoms with Crippen LogP contribution in [0, 0.1) is 0 Å². The molecule has 1 aromatic rings. The van der Waals surface area contributed by atoms with E-state index in [1.807, 2.05) is 0 Å². The highest BCUT2D eigenvalue weighted by atomic mass is 16.5. The van der Waals surface area contributed by atoms with Crippen LogP contribution in [0.5, 0.6) is 0 Å². The maximum atomic E-state index is 11.0. The number of carbonyl (C=O) groups is 1. The molecular weight excluding hydrogens is 170 g/mol. The van der Waals surface area contributed by atoms with E-state index in [0.29, 0.717) is 12.4 Å². The first-order chi connectivity index (χ1) is 6.24. The fourth-order valence-corrected chi connectivity index (χ4v) is 1.00. The van der Waals surface area contributed by atoms with Crippen LogP contribution in [-0.2, 0) is 9.53 Å². The molecule has 72 valence electrons. The maximum absolute atomic E-state index is 11.0. The Bertz CT molecular complexity index is 256. The minimum Gasteiger partial charge on any atom is -0.468 e. The predicted octanol–water partition coefficient (Wildman–Crippen LogP) is 1.23. The van der Waals surface area contributed by atoms with Crippen molar-refractivity contribution in [3.63, 3.8) is 0 Å². The first-order valence-corrected chi connectivity index (χ1v) is 4.18. The van der Waals surface area contributed by atoms with Crippen molar-refractivity contribution >= 4 is 5.97 Å². The summed E-state index contributed by atoms with van der Waals surface area (Å²) < 4.78 is 9.79. The minimum absolute atomic E-state index is 0.154. The van der Waals surface area contributed by atoms with Gasteiger partial charge in [-0.3, -0.25) is 4.79 Å². The van der Waals surface area contributed by atoms with Crippen LogP contribution in [0.15, 0.2) is 22.8 Å². The van der Waals surface area contributed by atoms with Gasteiger partial charge >= 0.3 is 5.97 Å². The summed E-state index contributed by atoms with van der Waals surface area (Å²) in [5, 5.41) is 0. The summed E-state index contributed by atoms with van der Waals surface area (Å²) in [4.78, 5) is 11.0. The zero-order valence-electron chi connectivity index (χ0n) is 7.53. The normalized spacial score (nSPS) is 12.5. The molecule has 0 fully saturated rings. The molecule has 4 nitrogen and oxygen atoms in total. The van der Waals surface area contributed by atoms with Gasteiger partial charge in [0.15, 0.2) is 0 Å². The Hall–Kier alpha value is -1.29. The van der Waals surface area contributed by atoms with E-state index in [0.717, 1.165) is 0 Å². The predicted molar refractivity (Wildman–Crippen MR) is 46.9 cm³/mol. The van der Waals surface area contributed by atoms with Gasteiger partial charge in [-0.1, -0.05) is 0 Å². The molecule has 0 saturated carbocycles. The summed E-state index contributed by atoms with van der Waals surface area (Å²) in [6.45, 7) is 2.14. The van der Waals surface area contributed by atoms with Gasteiger partial charge in [-0.25, -0.2) is 0 Å². The first kappa shape index (κ1) is 9.80. The fourth-order valence-electron chi connectivity index (χ4n) is 1.00. The third kappa shape index (κ3) is 2.91. The van der Waals surface area contributed by atoms with Gasteiger partial charge in [0.05, 0.1) is 25.3 Å². The fraction of sp³-hybridized carbons (Fsp3) is 0.444. The van der Waals surface area contributed by atoms with Gasteiger partial charge in [0.2, 0.25) is 0 Å². The van der Waals surface area contributed by atoms with E-state index in [2.05, 4.69) is 0 Å². The van der Waals surface area contributed by atoms with Gasteiger partial charge in [0.25, 0.3) is 0 Å². The standard InChI is InChI=1S/C9H13NO3/c1-2-12-9(11)6-7(10)8-4-3-5-13-8/h3-5,7H,2,6,10H2,1H3/t7-/m0/s1. The molecule has 0 saturated heterocycles. The monoisotopic (exact) mass is 183 g/mol. The highest BCUT2D eigenvalue weighted by molar-refractivity contribution is 5.70. The molecule has 1 aromatic heterocycles. The van der Waals surface area contributed by atoms with E-state index in [1.165, 1.54) is 6.26 Å². The third-order valence-electron chi connectivity index (χ3n) is 1.60. The first-order valence-electron chi connectivity index (χ1n) is 4.18. The summed E-state index contributed by atoms with van der Waals surface area (Å²) in [5.74, 6) is 0.305. The topological polar surface area (TPSA) is 65.5 Å². The molecule has 1 atom stereocenters. The van der Waals surface area contributed by atoms with E-state index < -0.39 is 6.04 Å². The van der Waals surface area contributed by atoms with Crippen molar-refractivity contribution in [3.8, 4) is 0 Å². The summed E-state index contributed by atoms with van der Waals surface area (Å²) in [6, 6.07) is 3.07. The molecule has 0 bridgehead atoms. The SMILES string of the molecule is CCOC(=O)C[C@H](N)c1ccco1. The summed E-state index contributed by atoms with van der Waals surface area (Å²) >= 11 is 0. The zero-order chi connectivity index (χ0) is 9.68. The number of carbonyl (C=O) groups excluding carboxylic acids is 1. The molecule has 0 aliphatic carbocycles. The Balaban J connectivity index is 2.42. The van der Waals surface area contributed by atoms with E-state index in [-0.39, 0.29) is 12.4 Å². The van der Waals surface area contributed by atoms with Gasteiger partial charge in [-0.15, -0.1) is 0 Å². The van der Waals surface area contributed by atoms with Gasteiger partial charge in [-0.2, -0.15) is 0 Å². The molecule has 1 rings (SSSR count). The van der Waals surface area contributed by atoms with Crippen molar-refractivity contribution in [3.05, 3.63) is 24.2 Å². The van der Waals surface area contributed by atoms with Crippen LogP contribution >= 0.6 is 0 Å². The average Bonchev–Trinajstić information content (AvgIpc) is 2.55. The van der Waals surface area contributed by atoms with E-state index in [4.69, 9.17) is 14.9 Å². The maximum Gasteiger partial charge on any atom is 0.307 e. The summed E-state index contributed by atoms with van der Waals surface area (Å²) in [5.41, 5.74) is 5.68. The van der Waals surface area contributed by atoms with E-state index >= 15 is 0 Å². The van der Waals surface area contributed by atoms with Crippen molar-refractivity contribution in [2.75, 3.05) is 6.61 Å². The largest absolute Gasteiger partial charge is 0.468 e. The Labute approximate surface area is 76.7 Å². The van der Waals surface area contributed by atoms with Crippen LogP contribution in [0.2, 0.25) is 0 Å². The van der Waals surface area contributed by atoms with Gasteiger partial charge < -0.3 is 14.9 Å². The van der Waals surface area contributed by atoms with Crippen LogP contribution in [0.1, 0.15) is 25.1 Å². The smallest absolute Gasteiger partial charge is 0.307 e. The van der Waals surface area contributed by atoms with Crippen LogP contribution in [0.25, 0.3) is 0 Å². The van der Waals surface area contributed by atoms with Crippen molar-refractivity contribution in [1.29, 1.82) is 0 Å². The number of hydrogen-bond acceptors (Lipinski definition) is 4. The third-order valence-corrected chi connectivity index (χ3v) is 1.60. The van der Waals surface area contributed by atoms with Gasteiger partial charge in [-0.05, 0) is 19.1 Å². The lowest BCUT2D eigenvalue weighted by molar-refractivity contribution is -0.143. The highest BCUT2D eigenvalue weighted by Gasteiger charge is 2.14. The molecular formula is C9H13NO3. The molecule has 0 aliphatic rings. The van der Waals surface area contributed by atoms with Crippen LogP contribution in [0.3, 0.4) is 0 Å². The van der Waals surface area contributed by atoms with Crippen LogP contribution < -0.4 is 5.73 Å². The summed E-state index contributed by atoms with van der Waals surface area (Å²) in [6.07, 6.45) is 1.68. The van der Waals surface area contributed by atoms with Gasteiger partial charge in [0.1, 0.15) is 5.76 Å². The Morgan fingerprint density at radius 1 is 1.77 bits per heavy atom. The van der Waals surface area contributed by atoms with Crippen molar-refractivity contribution in [1.82, 2.24) is 0 Å². The molecule has 1 heterocycles. The molecule has 0 aromatic carbocycles. The number of hydrogen-bond donors (Lipinski definition) is 1. The number of ether oxygens (including phenoxy) is 1. The molecule has 0 radical (unpaired) electrons. The van der Waals surface area contributed by atoms with Crippen molar-refractivity contribution in [2.45, 2.75) is 19.4 Å². The number of rotatable bonds is 4. The molecule has 0 unspecified atom stereocenters. The average molecular weight is 183 g/mol. The van der Waals surface area contributed by atoms with Crippen molar-refractivity contribution in [2.24, 2.45) is 5.73 Å². The lowest BCUT2D eigenvalue weighted by Crippen LogP contribution is -2.16. The summed E-state index contributed by atoms with van der Waals surface area (Å²) in [7, 11) is 0. The lowest BCUT2D eigenvalue weighted by Gasteiger charge is -2.07. The second-order valence-corrected chi connectivity index (χ2v) is 2.63. The quantitative estimate of drug-likeness (QED) is 0.713. The number of nitrogens with two attached hydrogens (primary N) is 1. The molecule has 4 heteroatoms. The number of furan rings is 1. The van der Waals surface area contributed by atoms with Gasteiger partial charge in [0, 0.05) is 0 Å². The number of esters is 1. The molecule has 13 heavy (non-hydrogen) atoms. The van der Waals surface area contributed by atoms with Crippen LogP contribution in [0.4, 0.5) is 0 Å². The molecule has 0 aliphatic heterocycles. The van der Waals surface area contributed by atoms with E-state index in [1.54, 1.807) is 19.1 Å². The minimum atomic E-state index is -0.408. The lowest BCUT2D eigenvalue weighted by atomic mass is 10.2.